The number of carboxylic acids is 1. The minimum atomic E-state index is -0.885. The van der Waals surface area contributed by atoms with E-state index >= 15 is 0 Å². The van der Waals surface area contributed by atoms with Crippen molar-refractivity contribution < 1.29 is 14.7 Å². The zero-order valence-electron chi connectivity index (χ0n) is 10.6. The number of tetrazole rings is 1. The van der Waals surface area contributed by atoms with Crippen molar-refractivity contribution in [2.24, 2.45) is 0 Å². The molecule has 0 bridgehead atoms. The smallest absolute Gasteiger partial charge is 0.305 e. The van der Waals surface area contributed by atoms with Crippen LogP contribution in [0.1, 0.15) is 38.5 Å². The normalized spacial score (nSPS) is 17.9. The van der Waals surface area contributed by atoms with Gasteiger partial charge in [-0.15, -0.1) is 5.10 Å². The molecule has 1 amide bonds. The number of carbonyl (C=O) groups is 2. The number of nitrogens with one attached hydrogen (secondary N) is 1. The lowest BCUT2D eigenvalue weighted by atomic mass is 9.79. The van der Waals surface area contributed by atoms with E-state index in [1.165, 1.54) is 11.0 Å². The van der Waals surface area contributed by atoms with Crippen molar-refractivity contribution in [1.82, 2.24) is 25.5 Å². The molecule has 0 saturated heterocycles. The van der Waals surface area contributed by atoms with Gasteiger partial charge in [0.15, 0.2) is 0 Å². The number of carbonyl (C=O) groups excluding carboxylic acids is 1. The Morgan fingerprint density at radius 2 is 2.05 bits per heavy atom. The Kier molecular flexibility index (Phi) is 4.08. The van der Waals surface area contributed by atoms with Crippen molar-refractivity contribution in [2.75, 3.05) is 0 Å². The molecule has 1 aliphatic carbocycles. The van der Waals surface area contributed by atoms with Crippen LogP contribution in [0.2, 0.25) is 0 Å². The van der Waals surface area contributed by atoms with Gasteiger partial charge in [-0.3, -0.25) is 9.59 Å². The summed E-state index contributed by atoms with van der Waals surface area (Å²) < 4.78 is 1.31. The molecule has 8 nitrogen and oxygen atoms in total. The first kappa shape index (κ1) is 13.4. The molecule has 2 rings (SSSR count). The number of hydrogen-bond acceptors (Lipinski definition) is 5. The highest BCUT2D eigenvalue weighted by molar-refractivity contribution is 5.78. The molecule has 1 aromatic heterocycles. The average molecular weight is 267 g/mol. The Morgan fingerprint density at radius 1 is 1.32 bits per heavy atom. The molecule has 19 heavy (non-hydrogen) atoms. The number of aliphatic carboxylic acids is 1. The van der Waals surface area contributed by atoms with Gasteiger partial charge in [-0.1, -0.05) is 19.3 Å². The fourth-order valence-corrected chi connectivity index (χ4v) is 2.60. The molecule has 0 unspecified atom stereocenters. The molecule has 0 atom stereocenters. The molecular formula is C11H17N5O3. The van der Waals surface area contributed by atoms with Crippen molar-refractivity contribution in [2.45, 2.75) is 50.6 Å². The fourth-order valence-electron chi connectivity index (χ4n) is 2.60. The van der Waals surface area contributed by atoms with Crippen molar-refractivity contribution in [3.05, 3.63) is 6.33 Å². The largest absolute Gasteiger partial charge is 0.481 e. The molecule has 1 saturated carbocycles. The van der Waals surface area contributed by atoms with Gasteiger partial charge < -0.3 is 10.4 Å². The van der Waals surface area contributed by atoms with Crippen LogP contribution < -0.4 is 5.32 Å². The lowest BCUT2D eigenvalue weighted by Gasteiger charge is -2.37. The van der Waals surface area contributed by atoms with E-state index in [0.717, 1.165) is 19.3 Å². The lowest BCUT2D eigenvalue weighted by molar-refractivity contribution is -0.139. The Hall–Kier alpha value is -1.99. The second kappa shape index (κ2) is 5.77. The third-order valence-corrected chi connectivity index (χ3v) is 3.40. The summed E-state index contributed by atoms with van der Waals surface area (Å²) in [5.74, 6) is -1.14. The van der Waals surface area contributed by atoms with Gasteiger partial charge in [-0.2, -0.15) is 0 Å². The van der Waals surface area contributed by atoms with E-state index in [9.17, 15) is 9.59 Å². The van der Waals surface area contributed by atoms with Crippen molar-refractivity contribution in [1.29, 1.82) is 0 Å². The molecule has 1 aromatic rings. The van der Waals surface area contributed by atoms with E-state index in [-0.39, 0.29) is 18.9 Å². The van der Waals surface area contributed by atoms with Gasteiger partial charge in [0.05, 0.1) is 12.0 Å². The summed E-state index contributed by atoms with van der Waals surface area (Å²) in [6.07, 6.45) is 5.71. The molecule has 1 fully saturated rings. The Morgan fingerprint density at radius 3 is 2.63 bits per heavy atom. The van der Waals surface area contributed by atoms with Gasteiger partial charge >= 0.3 is 5.97 Å². The third-order valence-electron chi connectivity index (χ3n) is 3.40. The number of nitrogens with zero attached hydrogens (tertiary/aromatic N) is 4. The number of rotatable bonds is 5. The summed E-state index contributed by atoms with van der Waals surface area (Å²) >= 11 is 0. The molecule has 1 aliphatic rings. The summed E-state index contributed by atoms with van der Waals surface area (Å²) in [5, 5.41) is 22.4. The van der Waals surface area contributed by atoms with Crippen LogP contribution >= 0.6 is 0 Å². The number of carboxylic acid groups (broad SMARTS) is 1. The van der Waals surface area contributed by atoms with Crippen LogP contribution in [0.25, 0.3) is 0 Å². The molecule has 0 radical (unpaired) electrons. The summed E-state index contributed by atoms with van der Waals surface area (Å²) in [6.45, 7) is 0.00830. The maximum absolute atomic E-state index is 11.9. The zero-order chi connectivity index (χ0) is 13.7. The van der Waals surface area contributed by atoms with Gasteiger partial charge in [0.1, 0.15) is 12.9 Å². The Balaban J connectivity index is 1.98. The first-order valence-electron chi connectivity index (χ1n) is 6.33. The maximum Gasteiger partial charge on any atom is 0.305 e. The van der Waals surface area contributed by atoms with Gasteiger partial charge in [-0.25, -0.2) is 4.68 Å². The second-order valence-corrected chi connectivity index (χ2v) is 4.97. The second-order valence-electron chi connectivity index (χ2n) is 4.97. The van der Waals surface area contributed by atoms with Crippen molar-refractivity contribution >= 4 is 11.9 Å². The van der Waals surface area contributed by atoms with Gasteiger partial charge in [0.25, 0.3) is 0 Å². The number of hydrogen-bond donors (Lipinski definition) is 2. The molecular weight excluding hydrogens is 250 g/mol. The van der Waals surface area contributed by atoms with E-state index in [2.05, 4.69) is 20.8 Å². The monoisotopic (exact) mass is 267 g/mol. The summed E-state index contributed by atoms with van der Waals surface area (Å²) in [6, 6.07) is 0. The average Bonchev–Trinajstić information content (AvgIpc) is 2.81. The fraction of sp³-hybridized carbons (Fsp3) is 0.727. The first-order chi connectivity index (χ1) is 9.10. The highest BCUT2D eigenvalue weighted by Crippen LogP contribution is 2.31. The van der Waals surface area contributed by atoms with Crippen LogP contribution in [0.5, 0.6) is 0 Å². The van der Waals surface area contributed by atoms with Crippen LogP contribution in [-0.4, -0.2) is 42.7 Å². The van der Waals surface area contributed by atoms with E-state index < -0.39 is 11.5 Å². The zero-order valence-corrected chi connectivity index (χ0v) is 10.6. The van der Waals surface area contributed by atoms with Crippen LogP contribution in [0.4, 0.5) is 0 Å². The topological polar surface area (TPSA) is 110 Å². The van der Waals surface area contributed by atoms with Gasteiger partial charge in [0.2, 0.25) is 5.91 Å². The van der Waals surface area contributed by atoms with Gasteiger partial charge in [-0.05, 0) is 23.3 Å². The SMILES string of the molecule is O=C(O)CC1(NC(=O)Cn2cnnn2)CCCCC1. The summed E-state index contributed by atoms with van der Waals surface area (Å²) in [4.78, 5) is 22.9. The molecule has 1 heterocycles. The van der Waals surface area contributed by atoms with Crippen LogP contribution in [0.15, 0.2) is 6.33 Å². The highest BCUT2D eigenvalue weighted by atomic mass is 16.4. The molecule has 8 heteroatoms. The van der Waals surface area contributed by atoms with Crippen molar-refractivity contribution in [3.63, 3.8) is 0 Å². The predicted molar refractivity (Wildman–Crippen MR) is 64.0 cm³/mol. The van der Waals surface area contributed by atoms with Crippen LogP contribution in [0.3, 0.4) is 0 Å². The minimum absolute atomic E-state index is 0.00830. The highest BCUT2D eigenvalue weighted by Gasteiger charge is 2.35. The Labute approximate surface area is 110 Å². The first-order valence-corrected chi connectivity index (χ1v) is 6.33. The summed E-state index contributed by atoms with van der Waals surface area (Å²) in [5.41, 5.74) is -0.616. The van der Waals surface area contributed by atoms with E-state index in [0.29, 0.717) is 12.8 Å². The number of amides is 1. The quantitative estimate of drug-likeness (QED) is 0.775. The van der Waals surface area contributed by atoms with E-state index in [4.69, 9.17) is 5.11 Å². The molecule has 104 valence electrons. The van der Waals surface area contributed by atoms with E-state index in [1.807, 2.05) is 0 Å². The lowest BCUT2D eigenvalue weighted by Crippen LogP contribution is -2.52. The maximum atomic E-state index is 11.9. The summed E-state index contributed by atoms with van der Waals surface area (Å²) in [7, 11) is 0. The minimum Gasteiger partial charge on any atom is -0.481 e. The van der Waals surface area contributed by atoms with E-state index in [1.54, 1.807) is 0 Å². The van der Waals surface area contributed by atoms with Crippen molar-refractivity contribution in [3.8, 4) is 0 Å². The Bertz CT molecular complexity index is 439. The van der Waals surface area contributed by atoms with Gasteiger partial charge in [0, 0.05) is 0 Å². The third kappa shape index (κ3) is 3.73. The molecule has 2 N–H and O–H groups in total. The number of aromatic nitrogens is 4. The van der Waals surface area contributed by atoms with Crippen LogP contribution in [-0.2, 0) is 16.1 Å². The standard InChI is InChI=1S/C11H17N5O3/c17-9(7-16-8-12-14-15-16)13-11(6-10(18)19)4-2-1-3-5-11/h8H,1-7H2,(H,13,17)(H,18,19). The predicted octanol–water partition coefficient (Wildman–Crippen LogP) is -0.0331. The molecule has 0 spiro atoms. The van der Waals surface area contributed by atoms with Crippen LogP contribution in [0, 0.1) is 0 Å². The molecule has 0 aromatic carbocycles. The molecule has 0 aliphatic heterocycles.